The zero-order valence-electron chi connectivity index (χ0n) is 19.0. The third-order valence-corrected chi connectivity index (χ3v) is 6.23. The Morgan fingerprint density at radius 1 is 1.40 bits per heavy atom. The fourth-order valence-electron chi connectivity index (χ4n) is 4.27. The van der Waals surface area contributed by atoms with Crippen LogP contribution < -0.4 is 15.5 Å². The van der Waals surface area contributed by atoms with Gasteiger partial charge < -0.3 is 10.1 Å². The smallest absolute Gasteiger partial charge is 0.415 e. The lowest BCUT2D eigenvalue weighted by Crippen LogP contribution is -2.33. The molecule has 3 heterocycles. The van der Waals surface area contributed by atoms with E-state index in [1.54, 1.807) is 36.7 Å². The van der Waals surface area contributed by atoms with Gasteiger partial charge >= 0.3 is 6.09 Å². The zero-order valence-corrected chi connectivity index (χ0v) is 19.0. The number of carbonyl (C=O) groups excluding carboxylic acids is 2. The van der Waals surface area contributed by atoms with Crippen molar-refractivity contribution in [3.05, 3.63) is 72.6 Å². The van der Waals surface area contributed by atoms with Crippen LogP contribution in [0.25, 0.3) is 11.1 Å². The molecule has 1 saturated carbocycles. The number of ether oxygens (including phenoxy) is 1. The van der Waals surface area contributed by atoms with Crippen molar-refractivity contribution in [2.75, 3.05) is 11.4 Å². The van der Waals surface area contributed by atoms with E-state index in [0.29, 0.717) is 29.8 Å². The minimum Gasteiger partial charge on any atom is -0.438 e. The summed E-state index contributed by atoms with van der Waals surface area (Å²) in [5.74, 6) is -0.654. The van der Waals surface area contributed by atoms with Gasteiger partial charge in [0.1, 0.15) is 11.5 Å². The fourth-order valence-corrected chi connectivity index (χ4v) is 4.27. The highest BCUT2D eigenvalue weighted by Gasteiger charge is 2.64. The number of aromatic amines is 1. The number of rotatable bonds is 8. The van der Waals surface area contributed by atoms with E-state index < -0.39 is 17.5 Å². The Kier molecular flexibility index (Phi) is 5.77. The van der Waals surface area contributed by atoms with Crippen LogP contribution in [0.4, 0.5) is 14.9 Å². The van der Waals surface area contributed by atoms with Crippen molar-refractivity contribution < 1.29 is 18.7 Å². The van der Waals surface area contributed by atoms with Crippen LogP contribution in [-0.4, -0.2) is 50.6 Å². The van der Waals surface area contributed by atoms with Crippen molar-refractivity contribution >= 4 is 17.7 Å². The fraction of sp³-hybridized carbons (Fsp3) is 0.292. The molecule has 1 aliphatic heterocycles. The van der Waals surface area contributed by atoms with E-state index in [9.17, 15) is 9.59 Å². The number of anilines is 1. The summed E-state index contributed by atoms with van der Waals surface area (Å²) in [7, 11) is 0. The molecule has 2 aliphatic rings. The number of hydrogen-bond donors (Lipinski definition) is 3. The molecule has 1 saturated heterocycles. The Morgan fingerprint density at radius 2 is 2.26 bits per heavy atom. The van der Waals surface area contributed by atoms with Crippen LogP contribution >= 0.6 is 0 Å². The van der Waals surface area contributed by atoms with E-state index in [1.165, 1.54) is 17.9 Å². The maximum Gasteiger partial charge on any atom is 0.415 e. The van der Waals surface area contributed by atoms with Gasteiger partial charge in [-0.1, -0.05) is 12.1 Å². The van der Waals surface area contributed by atoms with E-state index in [2.05, 4.69) is 37.6 Å². The highest BCUT2D eigenvalue weighted by atomic mass is 19.1. The first-order chi connectivity index (χ1) is 16.9. The average molecular weight is 478 g/mol. The summed E-state index contributed by atoms with van der Waals surface area (Å²) in [6, 6.07) is 7.83. The predicted molar refractivity (Wildman–Crippen MR) is 125 cm³/mol. The lowest BCUT2D eigenvalue weighted by Gasteiger charge is -2.15. The molecule has 11 heteroatoms. The third kappa shape index (κ3) is 4.50. The number of benzene rings is 1. The van der Waals surface area contributed by atoms with Crippen molar-refractivity contribution in [3.8, 4) is 11.1 Å². The Hall–Kier alpha value is -4.12. The minimum absolute atomic E-state index is 0.178. The SMILES string of the molecule is C=CC(NCc1ccc(-c2ccc(N3CC4(C[C@H]4NC(C)=O)OC3=O)cc2F)cn1)c1cn[nH]n1. The molecule has 35 heavy (non-hydrogen) atoms. The van der Waals surface area contributed by atoms with Crippen molar-refractivity contribution in [1.82, 2.24) is 31.0 Å². The first-order valence-electron chi connectivity index (χ1n) is 11.1. The number of nitrogens with one attached hydrogen (secondary N) is 3. The van der Waals surface area contributed by atoms with Crippen LogP contribution in [0.2, 0.25) is 0 Å². The van der Waals surface area contributed by atoms with Crippen molar-refractivity contribution in [2.45, 2.75) is 37.6 Å². The van der Waals surface area contributed by atoms with E-state index in [1.807, 2.05) is 6.07 Å². The van der Waals surface area contributed by atoms with Gasteiger partial charge in [0.2, 0.25) is 5.91 Å². The van der Waals surface area contributed by atoms with Crippen molar-refractivity contribution in [1.29, 1.82) is 0 Å². The second-order valence-corrected chi connectivity index (χ2v) is 8.67. The standard InChI is InChI=1S/C24H24FN7O3/c1-3-20(21-12-28-31-30-21)27-11-16-5-4-15(10-26-16)18-7-6-17(8-19(18)25)32-13-24(35-23(32)34)9-22(24)29-14(2)33/h3-8,10,12,20,22,27H,1,9,11,13H2,2H3,(H,29,33)(H,28,30,31)/t20?,22-,24?/m1/s1. The van der Waals surface area contributed by atoms with Crippen LogP contribution in [0, 0.1) is 5.82 Å². The molecule has 1 aliphatic carbocycles. The molecule has 2 fully saturated rings. The summed E-state index contributed by atoms with van der Waals surface area (Å²) in [5, 5.41) is 16.5. The number of aromatic nitrogens is 4. The quantitative estimate of drug-likeness (QED) is 0.426. The number of pyridine rings is 1. The second-order valence-electron chi connectivity index (χ2n) is 8.67. The molecular formula is C24H24FN7O3. The van der Waals surface area contributed by atoms with E-state index in [-0.39, 0.29) is 24.5 Å². The first-order valence-corrected chi connectivity index (χ1v) is 11.1. The van der Waals surface area contributed by atoms with Gasteiger partial charge in [0.25, 0.3) is 0 Å². The molecule has 2 amide bonds. The molecule has 5 rings (SSSR count). The Morgan fingerprint density at radius 3 is 2.91 bits per heavy atom. The summed E-state index contributed by atoms with van der Waals surface area (Å²) in [4.78, 5) is 29.5. The highest BCUT2D eigenvalue weighted by Crippen LogP contribution is 2.46. The molecule has 2 unspecified atom stereocenters. The molecule has 3 N–H and O–H groups in total. The molecule has 1 spiro atoms. The number of amides is 2. The molecule has 180 valence electrons. The maximum absolute atomic E-state index is 15.0. The lowest BCUT2D eigenvalue weighted by molar-refractivity contribution is -0.119. The second kappa shape index (κ2) is 8.91. The van der Waals surface area contributed by atoms with Crippen LogP contribution in [0.15, 0.2) is 55.4 Å². The van der Waals surface area contributed by atoms with Gasteiger partial charge in [-0.3, -0.25) is 20.0 Å². The molecule has 1 aromatic carbocycles. The van der Waals surface area contributed by atoms with Crippen molar-refractivity contribution in [2.24, 2.45) is 0 Å². The topological polar surface area (TPSA) is 125 Å². The predicted octanol–water partition coefficient (Wildman–Crippen LogP) is 2.63. The number of halogens is 1. The van der Waals surface area contributed by atoms with Gasteiger partial charge in [-0.2, -0.15) is 15.4 Å². The van der Waals surface area contributed by atoms with Crippen LogP contribution in [0.3, 0.4) is 0 Å². The monoisotopic (exact) mass is 477 g/mol. The van der Waals surface area contributed by atoms with Gasteiger partial charge in [0, 0.05) is 37.2 Å². The van der Waals surface area contributed by atoms with Gasteiger partial charge in [-0.05, 0) is 24.3 Å². The van der Waals surface area contributed by atoms with Gasteiger partial charge in [0.05, 0.1) is 36.2 Å². The third-order valence-electron chi connectivity index (χ3n) is 6.23. The van der Waals surface area contributed by atoms with Crippen LogP contribution in [0.5, 0.6) is 0 Å². The number of H-pyrrole nitrogens is 1. The molecule has 2 aromatic heterocycles. The summed E-state index contributed by atoms with van der Waals surface area (Å²) >= 11 is 0. The van der Waals surface area contributed by atoms with Crippen molar-refractivity contribution in [3.63, 3.8) is 0 Å². The lowest BCUT2D eigenvalue weighted by atomic mass is 10.1. The Balaban J connectivity index is 1.25. The molecule has 0 radical (unpaired) electrons. The zero-order chi connectivity index (χ0) is 24.6. The number of carbonyl (C=O) groups is 2. The normalized spacial score (nSPS) is 21.6. The highest BCUT2D eigenvalue weighted by molar-refractivity contribution is 5.91. The molecule has 0 bridgehead atoms. The van der Waals surface area contributed by atoms with Gasteiger partial charge in [-0.15, -0.1) is 6.58 Å². The summed E-state index contributed by atoms with van der Waals surface area (Å²) in [5.41, 5.74) is 2.14. The Bertz CT molecular complexity index is 1260. The molecular weight excluding hydrogens is 453 g/mol. The van der Waals surface area contributed by atoms with Gasteiger partial charge in [0.15, 0.2) is 5.60 Å². The largest absolute Gasteiger partial charge is 0.438 e. The number of nitrogens with zero attached hydrogens (tertiary/aromatic N) is 4. The van der Waals surface area contributed by atoms with E-state index >= 15 is 4.39 Å². The van der Waals surface area contributed by atoms with Gasteiger partial charge in [-0.25, -0.2) is 9.18 Å². The maximum atomic E-state index is 15.0. The number of hydrogen-bond acceptors (Lipinski definition) is 7. The van der Waals surface area contributed by atoms with E-state index in [0.717, 1.165) is 11.4 Å². The summed E-state index contributed by atoms with van der Waals surface area (Å²) < 4.78 is 20.5. The van der Waals surface area contributed by atoms with E-state index in [4.69, 9.17) is 4.74 Å². The van der Waals surface area contributed by atoms with Crippen LogP contribution in [0.1, 0.15) is 30.8 Å². The molecule has 10 nitrogen and oxygen atoms in total. The Labute approximate surface area is 200 Å². The summed E-state index contributed by atoms with van der Waals surface area (Å²) in [6.45, 7) is 5.95. The molecule has 3 aromatic rings. The average Bonchev–Trinajstić information content (AvgIpc) is 3.17. The molecule has 3 atom stereocenters. The summed E-state index contributed by atoms with van der Waals surface area (Å²) in [6.07, 6.45) is 4.96. The minimum atomic E-state index is -0.732. The first kappa shape index (κ1) is 22.7. The van der Waals surface area contributed by atoms with Crippen LogP contribution in [-0.2, 0) is 16.1 Å².